The van der Waals surface area contributed by atoms with Crippen molar-refractivity contribution < 1.29 is 89.4 Å². The average Bonchev–Trinajstić information content (AvgIpc) is 0.985. The summed E-state index contributed by atoms with van der Waals surface area (Å²) < 4.78 is 34.4. The summed E-state index contributed by atoms with van der Waals surface area (Å²) in [4.78, 5) is 13.4. The molecule has 0 spiro atoms. The molecule has 0 bridgehead atoms. The van der Waals surface area contributed by atoms with Gasteiger partial charge in [-0.05, 0) is 51.4 Å². The zero-order valence-electron chi connectivity index (χ0n) is 57.2. The van der Waals surface area contributed by atoms with Crippen LogP contribution in [-0.2, 0) is 33.2 Å². The van der Waals surface area contributed by atoms with Crippen molar-refractivity contribution in [2.45, 2.75) is 362 Å². The number of aliphatic hydroxyl groups excluding tert-OH is 11. The Kier molecular flexibility index (Phi) is 50.1. The molecule has 1 amide bonds. The maximum Gasteiger partial charge on any atom is 0.220 e. The van der Waals surface area contributed by atoms with E-state index in [9.17, 15) is 61.0 Å². The van der Waals surface area contributed by atoms with Crippen LogP contribution >= 0.6 is 0 Å². The Morgan fingerprint density at radius 3 is 1.10 bits per heavy atom. The van der Waals surface area contributed by atoms with Gasteiger partial charge in [-0.1, -0.05) is 273 Å². The van der Waals surface area contributed by atoms with Crippen molar-refractivity contribution >= 4 is 5.91 Å². The van der Waals surface area contributed by atoms with Gasteiger partial charge in [0.05, 0.1) is 38.6 Å². The number of rotatable bonds is 56. The summed E-state index contributed by atoms with van der Waals surface area (Å²) >= 11 is 0. The minimum atomic E-state index is -1.98. The van der Waals surface area contributed by atoms with E-state index in [1.807, 2.05) is 12.2 Å². The van der Waals surface area contributed by atoms with E-state index in [1.165, 1.54) is 161 Å². The predicted molar refractivity (Wildman–Crippen MR) is 365 cm³/mol. The molecule has 3 fully saturated rings. The largest absolute Gasteiger partial charge is 0.394 e. The minimum Gasteiger partial charge on any atom is -0.394 e. The molecule has 0 aliphatic carbocycles. The van der Waals surface area contributed by atoms with Gasteiger partial charge in [0.25, 0.3) is 0 Å². The number of unbranched alkanes of at least 4 members (excludes halogenated alkanes) is 28. The number of carbonyl (C=O) groups excluding carboxylic acids is 1. The molecule has 0 aromatic rings. The number of allylic oxidation sites excluding steroid dienone is 12. The second-order valence-corrected chi connectivity index (χ2v) is 26.0. The highest BCUT2D eigenvalue weighted by Crippen LogP contribution is 2.33. The molecular weight excluding hydrogens is 1190 g/mol. The van der Waals surface area contributed by atoms with Crippen LogP contribution in [0.5, 0.6) is 0 Å². The number of hydrogen-bond acceptors (Lipinski definition) is 18. The lowest BCUT2D eigenvalue weighted by Gasteiger charge is -2.48. The second kappa shape index (κ2) is 55.1. The topological polar surface area (TPSA) is 307 Å². The summed E-state index contributed by atoms with van der Waals surface area (Å²) in [6, 6.07) is -0.933. The number of nitrogens with one attached hydrogen (secondary N) is 1. The van der Waals surface area contributed by atoms with Gasteiger partial charge < -0.3 is 89.9 Å². The molecule has 17 unspecified atom stereocenters. The van der Waals surface area contributed by atoms with Crippen LogP contribution < -0.4 is 5.32 Å². The first-order valence-electron chi connectivity index (χ1n) is 36.7. The molecule has 0 radical (unpaired) electrons. The summed E-state index contributed by atoms with van der Waals surface area (Å²) in [6.07, 6.45) is 42.9. The Morgan fingerprint density at radius 2 is 0.720 bits per heavy atom. The average molecular weight is 1320 g/mol. The first kappa shape index (κ1) is 84.5. The number of hydrogen-bond donors (Lipinski definition) is 12. The molecule has 540 valence electrons. The number of amides is 1. The fraction of sp³-hybridized carbons (Fsp3) is 0.824. The molecule has 93 heavy (non-hydrogen) atoms. The lowest BCUT2D eigenvalue weighted by atomic mass is 9.96. The van der Waals surface area contributed by atoms with Crippen molar-refractivity contribution in [3.8, 4) is 0 Å². The predicted octanol–water partition coefficient (Wildman–Crippen LogP) is 10.5. The molecule has 12 N–H and O–H groups in total. The number of carbonyl (C=O) groups is 1. The summed E-state index contributed by atoms with van der Waals surface area (Å²) in [5, 5.41) is 121. The summed E-state index contributed by atoms with van der Waals surface area (Å²) in [7, 11) is 0. The van der Waals surface area contributed by atoms with Crippen LogP contribution in [0.4, 0.5) is 0 Å². The van der Waals surface area contributed by atoms with Gasteiger partial charge in [0.2, 0.25) is 5.91 Å². The Hall–Kier alpha value is -2.77. The van der Waals surface area contributed by atoms with Gasteiger partial charge in [-0.3, -0.25) is 4.79 Å². The summed E-state index contributed by atoms with van der Waals surface area (Å²) in [6.45, 7) is 1.65. The third-order valence-corrected chi connectivity index (χ3v) is 18.1. The minimum absolute atomic E-state index is 0.138. The van der Waals surface area contributed by atoms with Gasteiger partial charge in [-0.15, -0.1) is 0 Å². The highest BCUT2D eigenvalue weighted by Gasteiger charge is 2.53. The molecule has 3 aliphatic heterocycles. The van der Waals surface area contributed by atoms with E-state index in [0.29, 0.717) is 25.7 Å². The SMILES string of the molecule is CC/C=C\C/C=C\C/C=C\C/C=C\C/C=C\C/C=C\CCC(=O)NC(COC1OC(CO)C(OC2OC(CO)C(OC3OC(CO)C(O)C(O)C3O)C(O)C2O)C(O)C1O)C(O)CCCCCCCCCCCCCCCCCCCCCCCCCCCCCCC. The fourth-order valence-electron chi connectivity index (χ4n) is 12.2. The smallest absolute Gasteiger partial charge is 0.220 e. The Balaban J connectivity index is 1.41. The van der Waals surface area contributed by atoms with Gasteiger partial charge in [0, 0.05) is 6.42 Å². The highest BCUT2D eigenvalue weighted by atomic mass is 16.8. The van der Waals surface area contributed by atoms with E-state index in [4.69, 9.17) is 28.4 Å². The Labute approximate surface area is 559 Å². The van der Waals surface area contributed by atoms with Crippen molar-refractivity contribution in [3.63, 3.8) is 0 Å². The van der Waals surface area contributed by atoms with E-state index < -0.39 is 124 Å². The monoisotopic (exact) mass is 1320 g/mol. The summed E-state index contributed by atoms with van der Waals surface area (Å²) in [5.74, 6) is -0.324. The molecule has 3 heterocycles. The normalized spacial score (nSPS) is 27.9. The molecule has 3 saturated heterocycles. The van der Waals surface area contributed by atoms with Crippen LogP contribution in [0.25, 0.3) is 0 Å². The van der Waals surface area contributed by atoms with E-state index in [0.717, 1.165) is 51.4 Å². The molecular formula is C74H131NO18. The van der Waals surface area contributed by atoms with Gasteiger partial charge in [0.1, 0.15) is 73.2 Å². The molecule has 19 heteroatoms. The van der Waals surface area contributed by atoms with Gasteiger partial charge in [-0.2, -0.15) is 0 Å². The molecule has 0 aromatic carbocycles. The van der Waals surface area contributed by atoms with Crippen LogP contribution in [0.15, 0.2) is 72.9 Å². The fourth-order valence-corrected chi connectivity index (χ4v) is 12.2. The van der Waals surface area contributed by atoms with E-state index in [-0.39, 0.29) is 18.9 Å². The number of aliphatic hydroxyl groups is 11. The standard InChI is InChI=1S/C74H131NO18/c1-3-5-7-9-11-13-15-17-19-21-23-24-25-26-27-28-29-30-31-32-34-35-37-39-41-43-45-47-49-51-58(79)57(75-62(80)52-50-48-46-44-42-40-38-36-33-22-20-18-16-14-12-10-8-6-4-2)56-88-72-68(86)65(83)70(60(54-77)90-72)93-74-69(87)66(84)71(61(55-78)91-74)92-73-67(85)64(82)63(81)59(53-76)89-73/h6,8,12,14,18,20,33,36,40,42,46,48,57-61,63-74,76-79,81-87H,3-5,7,9-11,13,15-17,19,21-32,34-35,37-39,41,43-45,47,49-56H2,1-2H3,(H,75,80)/b8-6-,14-12-,20-18-,36-33-,42-40-,48-46-. The van der Waals surface area contributed by atoms with Crippen LogP contribution in [0, 0.1) is 0 Å². The summed E-state index contributed by atoms with van der Waals surface area (Å²) in [5.41, 5.74) is 0. The van der Waals surface area contributed by atoms with Gasteiger partial charge >= 0.3 is 0 Å². The highest BCUT2D eigenvalue weighted by molar-refractivity contribution is 5.76. The molecule has 3 rings (SSSR count). The van der Waals surface area contributed by atoms with Gasteiger partial charge in [-0.25, -0.2) is 0 Å². The molecule has 0 aromatic heterocycles. The van der Waals surface area contributed by atoms with Gasteiger partial charge in [0.15, 0.2) is 18.9 Å². The van der Waals surface area contributed by atoms with E-state index >= 15 is 0 Å². The van der Waals surface area contributed by atoms with Crippen LogP contribution in [0.3, 0.4) is 0 Å². The number of ether oxygens (including phenoxy) is 6. The van der Waals surface area contributed by atoms with Crippen molar-refractivity contribution in [1.29, 1.82) is 0 Å². The molecule has 17 atom stereocenters. The lowest BCUT2D eigenvalue weighted by Crippen LogP contribution is -2.66. The molecule has 19 nitrogen and oxygen atoms in total. The second-order valence-electron chi connectivity index (χ2n) is 26.0. The quantitative estimate of drug-likeness (QED) is 0.0199. The molecule has 0 saturated carbocycles. The van der Waals surface area contributed by atoms with E-state index in [1.54, 1.807) is 0 Å². The lowest BCUT2D eigenvalue weighted by molar-refractivity contribution is -0.379. The first-order chi connectivity index (χ1) is 45.3. The molecule has 3 aliphatic rings. The zero-order chi connectivity index (χ0) is 67.5. The Bertz CT molecular complexity index is 1970. The van der Waals surface area contributed by atoms with Crippen molar-refractivity contribution in [1.82, 2.24) is 5.32 Å². The van der Waals surface area contributed by atoms with Crippen LogP contribution in [0.2, 0.25) is 0 Å². The van der Waals surface area contributed by atoms with Crippen molar-refractivity contribution in [2.75, 3.05) is 26.4 Å². The maximum absolute atomic E-state index is 13.4. The zero-order valence-corrected chi connectivity index (χ0v) is 57.2. The van der Waals surface area contributed by atoms with E-state index in [2.05, 4.69) is 79.9 Å². The third-order valence-electron chi connectivity index (χ3n) is 18.1. The van der Waals surface area contributed by atoms with Crippen LogP contribution in [0.1, 0.15) is 258 Å². The van der Waals surface area contributed by atoms with Crippen molar-refractivity contribution in [2.24, 2.45) is 0 Å². The third kappa shape index (κ3) is 36.6. The van der Waals surface area contributed by atoms with Crippen molar-refractivity contribution in [3.05, 3.63) is 72.9 Å². The maximum atomic E-state index is 13.4. The van der Waals surface area contributed by atoms with Crippen LogP contribution in [-0.4, -0.2) is 193 Å². The Morgan fingerprint density at radius 1 is 0.398 bits per heavy atom. The first-order valence-corrected chi connectivity index (χ1v) is 36.7.